The van der Waals surface area contributed by atoms with Crippen LogP contribution >= 0.6 is 0 Å². The highest BCUT2D eigenvalue weighted by Gasteiger charge is 2.13. The SMILES string of the molecule is COCc1cccc(Cn2cc(-c3cc(-c4ccccc4COC)nc(N)n3)nn2)n1. The second-order valence-electron chi connectivity index (χ2n) is 6.94. The van der Waals surface area contributed by atoms with E-state index in [1.807, 2.05) is 54.7 Å². The number of anilines is 1. The zero-order valence-corrected chi connectivity index (χ0v) is 17.4. The first-order valence-electron chi connectivity index (χ1n) is 9.72. The molecule has 4 aromatic rings. The molecule has 0 spiro atoms. The van der Waals surface area contributed by atoms with Crippen molar-refractivity contribution in [1.82, 2.24) is 29.9 Å². The second kappa shape index (κ2) is 9.41. The quantitative estimate of drug-likeness (QED) is 0.465. The fourth-order valence-corrected chi connectivity index (χ4v) is 3.29. The highest BCUT2D eigenvalue weighted by atomic mass is 16.5. The Balaban J connectivity index is 1.62. The summed E-state index contributed by atoms with van der Waals surface area (Å²) in [4.78, 5) is 13.3. The van der Waals surface area contributed by atoms with Crippen LogP contribution in [0.4, 0.5) is 5.95 Å². The van der Waals surface area contributed by atoms with Gasteiger partial charge in [0, 0.05) is 19.8 Å². The van der Waals surface area contributed by atoms with Gasteiger partial charge in [-0.3, -0.25) is 4.98 Å². The van der Waals surface area contributed by atoms with Crippen molar-refractivity contribution in [2.75, 3.05) is 20.0 Å². The Morgan fingerprint density at radius 1 is 0.839 bits per heavy atom. The fraction of sp³-hybridized carbons (Fsp3) is 0.227. The van der Waals surface area contributed by atoms with Gasteiger partial charge in [-0.2, -0.15) is 0 Å². The molecule has 0 aliphatic rings. The first-order valence-corrected chi connectivity index (χ1v) is 9.72. The molecule has 0 aliphatic carbocycles. The first-order chi connectivity index (χ1) is 15.2. The Morgan fingerprint density at radius 2 is 1.61 bits per heavy atom. The van der Waals surface area contributed by atoms with E-state index in [1.54, 1.807) is 18.9 Å². The van der Waals surface area contributed by atoms with E-state index in [2.05, 4.69) is 25.3 Å². The number of hydrogen-bond donors (Lipinski definition) is 1. The van der Waals surface area contributed by atoms with Gasteiger partial charge in [0.2, 0.25) is 5.95 Å². The molecule has 9 heteroatoms. The monoisotopic (exact) mass is 417 g/mol. The molecule has 0 aliphatic heterocycles. The second-order valence-corrected chi connectivity index (χ2v) is 6.94. The lowest BCUT2D eigenvalue weighted by Crippen LogP contribution is -2.04. The molecule has 2 N–H and O–H groups in total. The minimum absolute atomic E-state index is 0.170. The number of nitrogens with two attached hydrogens (primary N) is 1. The smallest absolute Gasteiger partial charge is 0.221 e. The van der Waals surface area contributed by atoms with Gasteiger partial charge < -0.3 is 15.2 Å². The lowest BCUT2D eigenvalue weighted by Gasteiger charge is -2.09. The van der Waals surface area contributed by atoms with Gasteiger partial charge in [0.05, 0.1) is 48.7 Å². The van der Waals surface area contributed by atoms with Gasteiger partial charge in [-0.1, -0.05) is 35.5 Å². The molecule has 0 amide bonds. The van der Waals surface area contributed by atoms with Crippen molar-refractivity contribution < 1.29 is 9.47 Å². The largest absolute Gasteiger partial charge is 0.380 e. The summed E-state index contributed by atoms with van der Waals surface area (Å²) in [5.41, 5.74) is 11.6. The molecule has 0 atom stereocenters. The number of aromatic nitrogens is 6. The summed E-state index contributed by atoms with van der Waals surface area (Å²) in [6.07, 6.45) is 1.82. The van der Waals surface area contributed by atoms with Gasteiger partial charge in [0.1, 0.15) is 5.69 Å². The average molecular weight is 417 g/mol. The van der Waals surface area contributed by atoms with Crippen LogP contribution in [0.5, 0.6) is 0 Å². The van der Waals surface area contributed by atoms with Crippen LogP contribution in [0.25, 0.3) is 22.6 Å². The Hall–Kier alpha value is -3.69. The number of benzene rings is 1. The van der Waals surface area contributed by atoms with Gasteiger partial charge >= 0.3 is 0 Å². The molecule has 4 rings (SSSR count). The van der Waals surface area contributed by atoms with Crippen LogP contribution in [0.2, 0.25) is 0 Å². The Bertz CT molecular complexity index is 1180. The highest BCUT2D eigenvalue weighted by molar-refractivity contribution is 5.69. The van der Waals surface area contributed by atoms with E-state index >= 15 is 0 Å². The normalized spacial score (nSPS) is 11.0. The summed E-state index contributed by atoms with van der Waals surface area (Å²) < 4.78 is 12.2. The zero-order valence-electron chi connectivity index (χ0n) is 17.4. The number of nitrogen functional groups attached to an aromatic ring is 1. The van der Waals surface area contributed by atoms with Crippen molar-refractivity contribution >= 4 is 5.95 Å². The van der Waals surface area contributed by atoms with E-state index in [4.69, 9.17) is 15.2 Å². The van der Waals surface area contributed by atoms with Crippen molar-refractivity contribution in [3.05, 3.63) is 71.7 Å². The average Bonchev–Trinajstić information content (AvgIpc) is 3.23. The zero-order chi connectivity index (χ0) is 21.6. The van der Waals surface area contributed by atoms with Crippen LogP contribution in [0.3, 0.4) is 0 Å². The van der Waals surface area contributed by atoms with E-state index in [1.165, 1.54) is 0 Å². The lowest BCUT2D eigenvalue weighted by molar-refractivity contribution is 0.181. The van der Waals surface area contributed by atoms with Crippen molar-refractivity contribution in [3.63, 3.8) is 0 Å². The van der Waals surface area contributed by atoms with E-state index in [9.17, 15) is 0 Å². The lowest BCUT2D eigenvalue weighted by atomic mass is 10.0. The molecular weight excluding hydrogens is 394 g/mol. The third-order valence-corrected chi connectivity index (χ3v) is 4.62. The number of methoxy groups -OCH3 is 2. The van der Waals surface area contributed by atoms with Crippen LogP contribution in [-0.4, -0.2) is 44.2 Å². The van der Waals surface area contributed by atoms with E-state index < -0.39 is 0 Å². The summed E-state index contributed by atoms with van der Waals surface area (Å²) in [6.45, 7) is 1.42. The maximum Gasteiger partial charge on any atom is 0.221 e. The van der Waals surface area contributed by atoms with Gasteiger partial charge in [0.25, 0.3) is 0 Å². The Kier molecular flexibility index (Phi) is 6.25. The minimum atomic E-state index is 0.170. The summed E-state index contributed by atoms with van der Waals surface area (Å²) >= 11 is 0. The number of ether oxygens (including phenoxy) is 2. The third-order valence-electron chi connectivity index (χ3n) is 4.62. The number of rotatable bonds is 8. The van der Waals surface area contributed by atoms with E-state index in [-0.39, 0.29) is 5.95 Å². The Labute approximate surface area is 179 Å². The molecule has 0 unspecified atom stereocenters. The number of nitrogens with zero attached hydrogens (tertiary/aromatic N) is 6. The van der Waals surface area contributed by atoms with Crippen molar-refractivity contribution in [1.29, 1.82) is 0 Å². The van der Waals surface area contributed by atoms with Crippen LogP contribution in [0, 0.1) is 0 Å². The fourth-order valence-electron chi connectivity index (χ4n) is 3.29. The van der Waals surface area contributed by atoms with Crippen LogP contribution in [0.15, 0.2) is 54.7 Å². The minimum Gasteiger partial charge on any atom is -0.380 e. The van der Waals surface area contributed by atoms with Crippen molar-refractivity contribution in [2.45, 2.75) is 19.8 Å². The molecule has 0 bridgehead atoms. The molecule has 0 saturated carbocycles. The Morgan fingerprint density at radius 3 is 2.45 bits per heavy atom. The maximum absolute atomic E-state index is 6.00. The molecule has 31 heavy (non-hydrogen) atoms. The van der Waals surface area contributed by atoms with Gasteiger partial charge in [-0.15, -0.1) is 5.10 Å². The molecule has 1 aromatic carbocycles. The van der Waals surface area contributed by atoms with Gasteiger partial charge in [-0.25, -0.2) is 14.6 Å². The summed E-state index contributed by atoms with van der Waals surface area (Å²) in [6, 6.07) is 15.6. The highest BCUT2D eigenvalue weighted by Crippen LogP contribution is 2.26. The maximum atomic E-state index is 6.00. The van der Waals surface area contributed by atoms with Crippen molar-refractivity contribution in [3.8, 4) is 22.6 Å². The summed E-state index contributed by atoms with van der Waals surface area (Å²) in [5.74, 6) is 0.170. The molecule has 0 radical (unpaired) electrons. The predicted octanol–water partition coefficient (Wildman–Crippen LogP) is 2.72. The van der Waals surface area contributed by atoms with Crippen LogP contribution in [-0.2, 0) is 29.2 Å². The third kappa shape index (κ3) is 4.90. The standard InChI is InChI=1S/C22H23N7O2/c1-30-13-15-6-3-4-9-18(15)19-10-20(26-22(23)25-19)21-12-29(28-27-21)11-16-7-5-8-17(24-16)14-31-2/h3-10,12H,11,13-14H2,1-2H3,(H2,23,25,26). The van der Waals surface area contributed by atoms with Crippen LogP contribution in [0.1, 0.15) is 17.0 Å². The molecule has 158 valence electrons. The van der Waals surface area contributed by atoms with Gasteiger partial charge in [-0.05, 0) is 23.8 Å². The molecule has 9 nitrogen and oxygen atoms in total. The predicted molar refractivity (Wildman–Crippen MR) is 116 cm³/mol. The summed E-state index contributed by atoms with van der Waals surface area (Å²) in [5, 5.41) is 8.48. The van der Waals surface area contributed by atoms with Gasteiger partial charge in [0.15, 0.2) is 0 Å². The van der Waals surface area contributed by atoms with Crippen LogP contribution < -0.4 is 5.73 Å². The van der Waals surface area contributed by atoms with Crippen molar-refractivity contribution in [2.24, 2.45) is 0 Å². The number of pyridine rings is 1. The molecule has 3 heterocycles. The molecule has 3 aromatic heterocycles. The number of hydrogen-bond acceptors (Lipinski definition) is 8. The van der Waals surface area contributed by atoms with E-state index in [0.717, 1.165) is 22.5 Å². The molecule has 0 saturated heterocycles. The van der Waals surface area contributed by atoms with E-state index in [0.29, 0.717) is 36.8 Å². The molecule has 0 fully saturated rings. The molecular formula is C22H23N7O2. The first kappa shape index (κ1) is 20.6. The summed E-state index contributed by atoms with van der Waals surface area (Å²) in [7, 11) is 3.31. The topological polar surface area (TPSA) is 114 Å².